The lowest BCUT2D eigenvalue weighted by atomic mass is 10.1. The summed E-state index contributed by atoms with van der Waals surface area (Å²) in [5.74, 6) is 0.0971. The molecule has 4 aromatic rings. The van der Waals surface area contributed by atoms with Crippen molar-refractivity contribution in [1.82, 2.24) is 9.55 Å². The molecule has 0 spiro atoms. The van der Waals surface area contributed by atoms with Crippen molar-refractivity contribution in [3.05, 3.63) is 89.5 Å². The van der Waals surface area contributed by atoms with Crippen LogP contribution in [0.1, 0.15) is 23.6 Å². The fourth-order valence-corrected chi connectivity index (χ4v) is 5.33. The summed E-state index contributed by atoms with van der Waals surface area (Å²) in [5.41, 5.74) is 3.20. The molecular weight excluding hydrogens is 459 g/mol. The van der Waals surface area contributed by atoms with E-state index in [-0.39, 0.29) is 23.2 Å². The average Bonchev–Trinajstić information content (AvgIpc) is 3.33. The van der Waals surface area contributed by atoms with Crippen molar-refractivity contribution in [3.63, 3.8) is 0 Å². The van der Waals surface area contributed by atoms with E-state index in [1.54, 1.807) is 0 Å². The van der Waals surface area contributed by atoms with Gasteiger partial charge in [0.15, 0.2) is 5.16 Å². The van der Waals surface area contributed by atoms with Gasteiger partial charge in [-0.2, -0.15) is 13.2 Å². The Hall–Kier alpha value is -3.26. The second-order valence-electron chi connectivity index (χ2n) is 8.40. The number of thioether (sulfide) groups is 1. The van der Waals surface area contributed by atoms with E-state index in [4.69, 9.17) is 0 Å². The first-order chi connectivity index (χ1) is 16.3. The Morgan fingerprint density at radius 2 is 1.79 bits per heavy atom. The number of halogens is 3. The summed E-state index contributed by atoms with van der Waals surface area (Å²) >= 11 is 1.26. The van der Waals surface area contributed by atoms with Crippen LogP contribution in [0.5, 0.6) is 0 Å². The van der Waals surface area contributed by atoms with Crippen molar-refractivity contribution in [2.45, 2.75) is 37.3 Å². The highest BCUT2D eigenvalue weighted by molar-refractivity contribution is 7.99. The number of alkyl halides is 3. The maximum absolute atomic E-state index is 13.3. The number of amides is 1. The topological polar surface area (TPSA) is 38.1 Å². The highest BCUT2D eigenvalue weighted by Gasteiger charge is 2.32. The zero-order valence-corrected chi connectivity index (χ0v) is 19.2. The van der Waals surface area contributed by atoms with Crippen LogP contribution in [0, 0.1) is 0 Å². The van der Waals surface area contributed by atoms with Crippen LogP contribution in [-0.2, 0) is 23.9 Å². The molecule has 34 heavy (non-hydrogen) atoms. The molecule has 0 bridgehead atoms. The number of hydrogen-bond acceptors (Lipinski definition) is 3. The molecule has 5 rings (SSSR count). The Kier molecular flexibility index (Phi) is 5.85. The molecular formula is C26H22F3N3OS. The van der Waals surface area contributed by atoms with Crippen molar-refractivity contribution in [1.29, 1.82) is 0 Å². The third-order valence-electron chi connectivity index (χ3n) is 6.02. The predicted octanol–water partition coefficient (Wildman–Crippen LogP) is 6.17. The van der Waals surface area contributed by atoms with Crippen LogP contribution in [0.3, 0.4) is 0 Å². The first kappa shape index (κ1) is 22.5. The number of fused-ring (bicyclic) bond motifs is 2. The van der Waals surface area contributed by atoms with Gasteiger partial charge in [0.25, 0.3) is 0 Å². The number of anilines is 1. The molecule has 1 unspecified atom stereocenters. The Bertz CT molecular complexity index is 1350. The summed E-state index contributed by atoms with van der Waals surface area (Å²) < 4.78 is 41.7. The molecule has 1 aromatic heterocycles. The van der Waals surface area contributed by atoms with Gasteiger partial charge in [0, 0.05) is 11.7 Å². The van der Waals surface area contributed by atoms with Gasteiger partial charge < -0.3 is 9.47 Å². The third kappa shape index (κ3) is 4.30. The molecule has 1 atom stereocenters. The second kappa shape index (κ2) is 8.83. The standard InChI is InChI=1S/C26H22F3N3OS/c1-17-13-19-9-5-6-10-22(19)32(17)24(33)16-34-25-30-21-14-20(26(27,28)29)11-12-23(21)31(25)15-18-7-3-2-4-8-18/h2-12,14,17H,13,15-16H2,1H3. The minimum Gasteiger partial charge on any atom is -0.314 e. The summed E-state index contributed by atoms with van der Waals surface area (Å²) in [6, 6.07) is 21.2. The molecule has 0 radical (unpaired) electrons. The van der Waals surface area contributed by atoms with E-state index in [9.17, 15) is 18.0 Å². The highest BCUT2D eigenvalue weighted by atomic mass is 32.2. The zero-order valence-electron chi connectivity index (χ0n) is 18.4. The normalized spacial score (nSPS) is 15.6. The summed E-state index contributed by atoms with van der Waals surface area (Å²) in [4.78, 5) is 19.5. The van der Waals surface area contributed by atoms with Crippen LogP contribution < -0.4 is 4.90 Å². The number of carbonyl (C=O) groups is 1. The molecule has 0 saturated heterocycles. The van der Waals surface area contributed by atoms with Crippen molar-refractivity contribution >= 4 is 34.4 Å². The van der Waals surface area contributed by atoms with E-state index in [1.807, 2.05) is 71.0 Å². The van der Waals surface area contributed by atoms with Gasteiger partial charge >= 0.3 is 6.18 Å². The molecule has 0 fully saturated rings. The molecule has 0 saturated carbocycles. The molecule has 8 heteroatoms. The molecule has 0 aliphatic carbocycles. The van der Waals surface area contributed by atoms with Crippen molar-refractivity contribution in [3.8, 4) is 0 Å². The van der Waals surface area contributed by atoms with Gasteiger partial charge in [-0.05, 0) is 48.7 Å². The van der Waals surface area contributed by atoms with Crippen LogP contribution in [0.2, 0.25) is 0 Å². The Balaban J connectivity index is 1.45. The van der Waals surface area contributed by atoms with Crippen LogP contribution in [0.4, 0.5) is 18.9 Å². The molecule has 1 amide bonds. The quantitative estimate of drug-likeness (QED) is 0.320. The number of benzene rings is 3. The van der Waals surface area contributed by atoms with Gasteiger partial charge in [-0.3, -0.25) is 4.79 Å². The lowest BCUT2D eigenvalue weighted by Gasteiger charge is -2.22. The van der Waals surface area contributed by atoms with Gasteiger partial charge in [-0.1, -0.05) is 60.3 Å². The number of imidazole rings is 1. The average molecular weight is 482 g/mol. The Labute approximate surface area is 199 Å². The van der Waals surface area contributed by atoms with E-state index in [0.717, 1.165) is 35.4 Å². The molecule has 1 aliphatic rings. The Morgan fingerprint density at radius 3 is 2.56 bits per heavy atom. The van der Waals surface area contributed by atoms with Crippen molar-refractivity contribution < 1.29 is 18.0 Å². The molecule has 2 heterocycles. The molecule has 174 valence electrons. The minimum atomic E-state index is -4.44. The highest BCUT2D eigenvalue weighted by Crippen LogP contribution is 2.35. The summed E-state index contributed by atoms with van der Waals surface area (Å²) in [6.45, 7) is 2.47. The summed E-state index contributed by atoms with van der Waals surface area (Å²) in [7, 11) is 0. The van der Waals surface area contributed by atoms with Crippen LogP contribution in [-0.4, -0.2) is 27.3 Å². The van der Waals surface area contributed by atoms with Crippen LogP contribution in [0.15, 0.2) is 78.0 Å². The van der Waals surface area contributed by atoms with E-state index < -0.39 is 11.7 Å². The first-order valence-corrected chi connectivity index (χ1v) is 11.9. The molecule has 3 aromatic carbocycles. The van der Waals surface area contributed by atoms with E-state index >= 15 is 0 Å². The summed E-state index contributed by atoms with van der Waals surface area (Å²) in [6.07, 6.45) is -3.64. The number of nitrogens with zero attached hydrogens (tertiary/aromatic N) is 3. The maximum Gasteiger partial charge on any atom is 0.416 e. The van der Waals surface area contributed by atoms with Gasteiger partial charge in [0.1, 0.15) is 0 Å². The van der Waals surface area contributed by atoms with Crippen molar-refractivity contribution in [2.75, 3.05) is 10.7 Å². The Morgan fingerprint density at radius 1 is 1.06 bits per heavy atom. The van der Waals surface area contributed by atoms with Gasteiger partial charge in [0.2, 0.25) is 5.91 Å². The number of hydrogen-bond donors (Lipinski definition) is 0. The van der Waals surface area contributed by atoms with Crippen LogP contribution >= 0.6 is 11.8 Å². The lowest BCUT2D eigenvalue weighted by molar-refractivity contribution is -0.137. The molecule has 0 N–H and O–H groups in total. The minimum absolute atomic E-state index is 0.0447. The predicted molar refractivity (Wildman–Crippen MR) is 128 cm³/mol. The maximum atomic E-state index is 13.3. The largest absolute Gasteiger partial charge is 0.416 e. The van der Waals surface area contributed by atoms with E-state index in [2.05, 4.69) is 4.98 Å². The molecule has 1 aliphatic heterocycles. The fraction of sp³-hybridized carbons (Fsp3) is 0.231. The zero-order chi connectivity index (χ0) is 23.9. The van der Waals surface area contributed by atoms with Gasteiger partial charge in [-0.25, -0.2) is 4.98 Å². The molecule has 4 nitrogen and oxygen atoms in total. The number of aromatic nitrogens is 2. The summed E-state index contributed by atoms with van der Waals surface area (Å²) in [5, 5.41) is 0.520. The van der Waals surface area contributed by atoms with E-state index in [1.165, 1.54) is 17.8 Å². The van der Waals surface area contributed by atoms with Crippen LogP contribution in [0.25, 0.3) is 11.0 Å². The first-order valence-electron chi connectivity index (χ1n) is 11.0. The monoisotopic (exact) mass is 481 g/mol. The smallest absolute Gasteiger partial charge is 0.314 e. The number of rotatable bonds is 5. The van der Waals surface area contributed by atoms with Gasteiger partial charge in [0.05, 0.1) is 28.9 Å². The lowest BCUT2D eigenvalue weighted by Crippen LogP contribution is -2.37. The van der Waals surface area contributed by atoms with Crippen molar-refractivity contribution in [2.24, 2.45) is 0 Å². The van der Waals surface area contributed by atoms with E-state index in [0.29, 0.717) is 17.2 Å². The van der Waals surface area contributed by atoms with Gasteiger partial charge in [-0.15, -0.1) is 0 Å². The number of para-hydroxylation sites is 1. The SMILES string of the molecule is CC1Cc2ccccc2N1C(=O)CSc1nc2cc(C(F)(F)F)ccc2n1Cc1ccccc1. The third-order valence-corrected chi connectivity index (χ3v) is 6.99. The number of carbonyl (C=O) groups excluding carboxylic acids is 1. The second-order valence-corrected chi connectivity index (χ2v) is 9.34. The fourth-order valence-electron chi connectivity index (χ4n) is 4.45.